The van der Waals surface area contributed by atoms with Gasteiger partial charge in [-0.3, -0.25) is 9.80 Å². The zero-order valence-electron chi connectivity index (χ0n) is 42.8. The van der Waals surface area contributed by atoms with Crippen molar-refractivity contribution in [3.63, 3.8) is 0 Å². The van der Waals surface area contributed by atoms with Gasteiger partial charge < -0.3 is 9.47 Å². The molecule has 5 atom stereocenters. The topological polar surface area (TPSA) is 110 Å². The van der Waals surface area contributed by atoms with E-state index in [0.717, 1.165) is 34.1 Å². The Morgan fingerprint density at radius 3 is 1.23 bits per heavy atom. The number of alkyl halides is 18. The largest absolute Gasteiger partial charge is 0.439 e. The summed E-state index contributed by atoms with van der Waals surface area (Å²) in [5, 5.41) is 0. The van der Waals surface area contributed by atoms with Gasteiger partial charge in [0.15, 0.2) is 0 Å². The van der Waals surface area contributed by atoms with Gasteiger partial charge in [0.25, 0.3) is 0 Å². The molecule has 29 heteroatoms. The summed E-state index contributed by atoms with van der Waals surface area (Å²) in [7, 11) is -5.96. The standard InChI is InChI=1S/C28H18F9NO4S.C28H18F9NO3S.CH4/c1-14-24(16-8-19(27(32,33)34)12-20(9-16)28(35,36)37)42-25(39)38(14)13-17-10-18(26(29,30)31)6-7-21(17)23-11-15-4-2-3-5-22(15)43(23,40)41;1-14-24(16-8-19(27(32,33)34)12-20(9-16)28(35,36)37)41-25(39)38(14)13-17-10-18(26(29,30)31)6-7-21(17)23-11-15-4-2-3-5-22(15)42(23)40;/h2-12,14,24H,13H2,1H3;2-12,14,24H,13H2,1H3;1H4/t14-,24-;14-,24-,42?;/m00./s1. The van der Waals surface area contributed by atoms with Gasteiger partial charge in [0.2, 0.25) is 9.84 Å². The van der Waals surface area contributed by atoms with Gasteiger partial charge in [0, 0.05) is 0 Å². The molecule has 4 aliphatic rings. The second-order valence-electron chi connectivity index (χ2n) is 19.6. The molecule has 0 aliphatic carbocycles. The summed E-state index contributed by atoms with van der Waals surface area (Å²) in [6, 6.07) is 16.3. The highest BCUT2D eigenvalue weighted by Crippen LogP contribution is 2.47. The first-order chi connectivity index (χ1) is 39.2. The number of sulfone groups is 1. The average molecular weight is 1270 g/mol. The number of benzene rings is 6. The fourth-order valence-corrected chi connectivity index (χ4v) is 13.0. The van der Waals surface area contributed by atoms with Crippen LogP contribution >= 0.6 is 0 Å². The monoisotopic (exact) mass is 1270 g/mol. The molecule has 0 N–H and O–H groups in total. The number of rotatable bonds is 8. The molecule has 458 valence electrons. The smallest absolute Gasteiger partial charge is 0.416 e. The lowest BCUT2D eigenvalue weighted by Gasteiger charge is -2.24. The summed E-state index contributed by atoms with van der Waals surface area (Å²) in [5.74, 6) is 0. The van der Waals surface area contributed by atoms with Gasteiger partial charge in [-0.05, 0) is 143 Å². The number of halogens is 18. The van der Waals surface area contributed by atoms with Crippen molar-refractivity contribution in [2.75, 3.05) is 0 Å². The number of fused-ring (bicyclic) bond motifs is 2. The fourth-order valence-electron chi connectivity index (χ4n) is 9.92. The fraction of sp³-hybridized carbons (Fsp3) is 0.263. The van der Waals surface area contributed by atoms with Crippen molar-refractivity contribution in [2.24, 2.45) is 0 Å². The van der Waals surface area contributed by atoms with Crippen LogP contribution < -0.4 is 0 Å². The number of nitrogens with zero attached hydrogens (tertiary/aromatic N) is 2. The SMILES string of the molecule is C.C[C@H]1[C@@H](c2cc(C(F)(F)F)cc(C(F)(F)F)c2)OC(=O)N1Cc1cc(C(F)(F)F)ccc1C1=Cc2ccccc2S1(=O)=O.C[C@H]1[C@@H](c2cc(C(F)(F)F)cc(C(F)(F)F)c2)OC(=O)N1Cc1cc(C(F)(F)F)ccc1C1=Cc2ccccc2S1=O. The maximum atomic E-state index is 13.6. The lowest BCUT2D eigenvalue weighted by molar-refractivity contribution is -0.144. The molecule has 0 bridgehead atoms. The minimum absolute atomic E-state index is 0. The summed E-state index contributed by atoms with van der Waals surface area (Å²) in [4.78, 5) is 27.6. The summed E-state index contributed by atoms with van der Waals surface area (Å²) in [6.07, 6.45) is -33.2. The lowest BCUT2D eigenvalue weighted by Crippen LogP contribution is -2.32. The zero-order valence-corrected chi connectivity index (χ0v) is 44.4. The average Bonchev–Trinajstić information content (AvgIpc) is 4.29. The second kappa shape index (κ2) is 22.5. The Labute approximate surface area is 478 Å². The summed E-state index contributed by atoms with van der Waals surface area (Å²) in [5.41, 5.74) is -9.54. The highest BCUT2D eigenvalue weighted by atomic mass is 32.2. The van der Waals surface area contributed by atoms with Gasteiger partial charge in [-0.1, -0.05) is 56.0 Å². The Hall–Kier alpha value is -7.82. The van der Waals surface area contributed by atoms with Gasteiger partial charge in [-0.25, -0.2) is 22.2 Å². The Kier molecular flexibility index (Phi) is 16.8. The van der Waals surface area contributed by atoms with E-state index in [1.54, 1.807) is 30.3 Å². The van der Waals surface area contributed by atoms with Crippen LogP contribution in [0.15, 0.2) is 131 Å². The Morgan fingerprint density at radius 2 is 0.837 bits per heavy atom. The third-order valence-corrected chi connectivity index (χ3v) is 17.5. The maximum Gasteiger partial charge on any atom is 0.416 e. The molecular formula is C57H40F18N2O7S2. The molecule has 0 spiro atoms. The molecule has 2 saturated heterocycles. The summed E-state index contributed by atoms with van der Waals surface area (Å²) < 4.78 is 293. The quantitative estimate of drug-likeness (QED) is 0.140. The van der Waals surface area contributed by atoms with E-state index in [1.807, 2.05) is 0 Å². The maximum absolute atomic E-state index is 13.6. The van der Waals surface area contributed by atoms with E-state index in [4.69, 9.17) is 9.47 Å². The zero-order chi connectivity index (χ0) is 62.5. The van der Waals surface area contributed by atoms with Gasteiger partial charge >= 0.3 is 49.2 Å². The molecule has 6 aromatic carbocycles. The van der Waals surface area contributed by atoms with E-state index >= 15 is 0 Å². The Balaban J connectivity index is 0.000000221. The molecule has 4 aliphatic heterocycles. The van der Waals surface area contributed by atoms with E-state index in [9.17, 15) is 101 Å². The van der Waals surface area contributed by atoms with E-state index in [1.165, 1.54) is 44.2 Å². The second-order valence-corrected chi connectivity index (χ2v) is 22.9. The highest BCUT2D eigenvalue weighted by molar-refractivity contribution is 8.01. The van der Waals surface area contributed by atoms with Crippen molar-refractivity contribution in [1.29, 1.82) is 0 Å². The highest BCUT2D eigenvalue weighted by Gasteiger charge is 2.47. The van der Waals surface area contributed by atoms with Crippen molar-refractivity contribution in [2.45, 2.75) is 106 Å². The molecule has 2 fully saturated rings. The van der Waals surface area contributed by atoms with E-state index in [0.29, 0.717) is 46.9 Å². The molecule has 1 unspecified atom stereocenters. The van der Waals surface area contributed by atoms with Crippen molar-refractivity contribution >= 4 is 54.8 Å². The number of amides is 2. The number of carbonyl (C=O) groups is 2. The first-order valence-electron chi connectivity index (χ1n) is 24.5. The van der Waals surface area contributed by atoms with Crippen LogP contribution in [0.1, 0.15) is 111 Å². The first-order valence-corrected chi connectivity index (χ1v) is 27.1. The molecule has 4 heterocycles. The van der Waals surface area contributed by atoms with Gasteiger partial charge in [-0.15, -0.1) is 0 Å². The molecule has 0 aromatic heterocycles. The van der Waals surface area contributed by atoms with E-state index < -0.39 is 152 Å². The minimum Gasteiger partial charge on any atom is -0.439 e. The predicted octanol–water partition coefficient (Wildman–Crippen LogP) is 17.2. The molecular weight excluding hydrogens is 1230 g/mol. The van der Waals surface area contributed by atoms with Crippen LogP contribution in [-0.4, -0.2) is 46.7 Å². The van der Waals surface area contributed by atoms with Crippen LogP contribution in [0.4, 0.5) is 88.6 Å². The molecule has 2 amide bonds. The summed E-state index contributed by atoms with van der Waals surface area (Å²) >= 11 is 0. The van der Waals surface area contributed by atoms with Crippen molar-refractivity contribution < 1.29 is 111 Å². The molecule has 6 aromatic rings. The molecule has 0 saturated carbocycles. The van der Waals surface area contributed by atoms with Crippen molar-refractivity contribution in [1.82, 2.24) is 9.80 Å². The normalized spacial score (nSPS) is 20.3. The minimum atomic E-state index is -5.17. The van der Waals surface area contributed by atoms with Crippen molar-refractivity contribution in [3.8, 4) is 0 Å². The van der Waals surface area contributed by atoms with Crippen LogP contribution in [-0.2, 0) is 80.3 Å². The number of hydrogen-bond donors (Lipinski definition) is 0. The number of carbonyl (C=O) groups excluding carboxylic acids is 2. The van der Waals surface area contributed by atoms with Crippen LogP contribution in [0.25, 0.3) is 22.0 Å². The summed E-state index contributed by atoms with van der Waals surface area (Å²) in [6.45, 7) is 1.26. The van der Waals surface area contributed by atoms with Crippen LogP contribution in [0.2, 0.25) is 0 Å². The van der Waals surface area contributed by atoms with E-state index in [2.05, 4.69) is 0 Å². The molecule has 10 rings (SSSR count). The molecule has 9 nitrogen and oxygen atoms in total. The van der Waals surface area contributed by atoms with E-state index in [-0.39, 0.29) is 62.1 Å². The van der Waals surface area contributed by atoms with Crippen LogP contribution in [0, 0.1) is 0 Å². The number of cyclic esters (lactones) is 2. The molecule has 0 radical (unpaired) electrons. The predicted molar refractivity (Wildman–Crippen MR) is 273 cm³/mol. The molecule has 86 heavy (non-hydrogen) atoms. The third-order valence-electron chi connectivity index (χ3n) is 14.1. The van der Waals surface area contributed by atoms with Gasteiger partial charge in [-0.2, -0.15) is 79.0 Å². The third kappa shape index (κ3) is 12.7. The van der Waals surface area contributed by atoms with Crippen LogP contribution in [0.5, 0.6) is 0 Å². The number of ether oxygens (including phenoxy) is 2. The number of hydrogen-bond acceptors (Lipinski definition) is 7. The van der Waals surface area contributed by atoms with Crippen molar-refractivity contribution in [3.05, 3.63) is 199 Å². The van der Waals surface area contributed by atoms with Gasteiger partial charge in [0.1, 0.15) is 12.2 Å². The Bertz CT molecular complexity index is 3820. The Morgan fingerprint density at radius 1 is 0.465 bits per heavy atom. The van der Waals surface area contributed by atoms with Crippen LogP contribution in [0.3, 0.4) is 0 Å². The van der Waals surface area contributed by atoms with Gasteiger partial charge in [0.05, 0.1) is 89.0 Å². The lowest BCUT2D eigenvalue weighted by atomic mass is 9.96. The first kappa shape index (κ1) is 64.2.